The van der Waals surface area contributed by atoms with Gasteiger partial charge in [-0.05, 0) is 66.9 Å². The fourth-order valence-electron chi connectivity index (χ4n) is 4.34. The fourth-order valence-corrected chi connectivity index (χ4v) is 5.78. The lowest BCUT2D eigenvalue weighted by molar-refractivity contribution is 0.0947. The second-order valence-corrected chi connectivity index (χ2v) is 11.1. The van der Waals surface area contributed by atoms with Crippen LogP contribution >= 0.6 is 0 Å². The molecule has 3 aromatic carbocycles. The van der Waals surface area contributed by atoms with Gasteiger partial charge in [0.1, 0.15) is 12.4 Å². The molecule has 0 radical (unpaired) electrons. The van der Waals surface area contributed by atoms with Crippen LogP contribution in [0.25, 0.3) is 0 Å². The van der Waals surface area contributed by atoms with Crippen molar-refractivity contribution in [2.45, 2.75) is 25.3 Å². The molecule has 1 N–H and O–H groups in total. The van der Waals surface area contributed by atoms with Gasteiger partial charge in [-0.1, -0.05) is 36.4 Å². The molecular weight excluding hydrogens is 474 g/mol. The van der Waals surface area contributed by atoms with Crippen LogP contribution in [-0.2, 0) is 16.6 Å². The van der Waals surface area contributed by atoms with E-state index in [2.05, 4.69) is 16.3 Å². The maximum absolute atomic E-state index is 12.8. The average Bonchev–Trinajstić information content (AvgIpc) is 2.87. The van der Waals surface area contributed by atoms with Crippen molar-refractivity contribution in [1.29, 1.82) is 0 Å². The van der Waals surface area contributed by atoms with E-state index >= 15 is 0 Å². The number of nitrogens with one attached hydrogen (secondary N) is 1. The zero-order chi connectivity index (χ0) is 25.5. The average molecular weight is 508 g/mol. The normalized spacial score (nSPS) is 14.9. The van der Waals surface area contributed by atoms with E-state index in [0.29, 0.717) is 56.3 Å². The van der Waals surface area contributed by atoms with Gasteiger partial charge in [0.25, 0.3) is 5.91 Å². The molecule has 8 heteroatoms. The Hall–Kier alpha value is -3.20. The number of hydrogen-bond acceptors (Lipinski definition) is 5. The molecular formula is C28H33N3O4S. The number of amides is 1. The number of carbonyl (C=O) groups is 1. The predicted octanol–water partition coefficient (Wildman–Crippen LogP) is 3.62. The molecule has 0 aliphatic carbocycles. The van der Waals surface area contributed by atoms with Crippen molar-refractivity contribution in [2.75, 3.05) is 39.3 Å². The van der Waals surface area contributed by atoms with Crippen LogP contribution in [0.2, 0.25) is 0 Å². The van der Waals surface area contributed by atoms with Gasteiger partial charge in [0.15, 0.2) is 0 Å². The second kappa shape index (κ2) is 11.7. The summed E-state index contributed by atoms with van der Waals surface area (Å²) in [6.07, 6.45) is 0. The monoisotopic (exact) mass is 507 g/mol. The summed E-state index contributed by atoms with van der Waals surface area (Å²) in [6, 6.07) is 22.2. The van der Waals surface area contributed by atoms with Gasteiger partial charge in [-0.3, -0.25) is 9.69 Å². The highest BCUT2D eigenvalue weighted by molar-refractivity contribution is 7.89. The van der Waals surface area contributed by atoms with Crippen LogP contribution in [-0.4, -0.2) is 62.9 Å². The summed E-state index contributed by atoms with van der Waals surface area (Å²) < 4.78 is 32.9. The van der Waals surface area contributed by atoms with Crippen molar-refractivity contribution in [2.24, 2.45) is 0 Å². The molecule has 0 unspecified atom stereocenters. The number of sulfonamides is 1. The summed E-state index contributed by atoms with van der Waals surface area (Å²) in [4.78, 5) is 15.0. The van der Waals surface area contributed by atoms with E-state index in [-0.39, 0.29) is 5.91 Å². The van der Waals surface area contributed by atoms with Crippen molar-refractivity contribution >= 4 is 15.9 Å². The van der Waals surface area contributed by atoms with Crippen LogP contribution in [0.3, 0.4) is 0 Å². The maximum Gasteiger partial charge on any atom is 0.251 e. The lowest BCUT2D eigenvalue weighted by Crippen LogP contribution is -2.48. The fraction of sp³-hybridized carbons (Fsp3) is 0.321. The number of hydrogen-bond donors (Lipinski definition) is 1. The molecule has 1 aliphatic heterocycles. The first kappa shape index (κ1) is 25.9. The Morgan fingerprint density at radius 2 is 1.53 bits per heavy atom. The second-order valence-electron chi connectivity index (χ2n) is 9.12. The van der Waals surface area contributed by atoms with Crippen LogP contribution in [0.15, 0.2) is 77.7 Å². The molecule has 190 valence electrons. The smallest absolute Gasteiger partial charge is 0.251 e. The minimum absolute atomic E-state index is 0.134. The van der Waals surface area contributed by atoms with E-state index in [4.69, 9.17) is 4.74 Å². The van der Waals surface area contributed by atoms with E-state index in [1.54, 1.807) is 28.6 Å². The summed E-state index contributed by atoms with van der Waals surface area (Å²) >= 11 is 0. The van der Waals surface area contributed by atoms with Crippen molar-refractivity contribution in [3.63, 3.8) is 0 Å². The zero-order valence-electron chi connectivity index (χ0n) is 20.8. The number of aryl methyl sites for hydroxylation is 2. The summed E-state index contributed by atoms with van der Waals surface area (Å²) in [6.45, 7) is 7.84. The van der Waals surface area contributed by atoms with Gasteiger partial charge in [0.05, 0.1) is 11.4 Å². The third-order valence-corrected chi connectivity index (χ3v) is 8.10. The number of piperazine rings is 1. The molecule has 0 aromatic heterocycles. The first-order valence-electron chi connectivity index (χ1n) is 12.2. The zero-order valence-corrected chi connectivity index (χ0v) is 21.6. The molecule has 7 nitrogen and oxygen atoms in total. The van der Waals surface area contributed by atoms with E-state index in [1.165, 1.54) is 0 Å². The van der Waals surface area contributed by atoms with Crippen LogP contribution in [0.1, 0.15) is 27.0 Å². The Morgan fingerprint density at radius 3 is 2.17 bits per heavy atom. The van der Waals surface area contributed by atoms with Crippen LogP contribution in [0, 0.1) is 13.8 Å². The quantitative estimate of drug-likeness (QED) is 0.448. The highest BCUT2D eigenvalue weighted by atomic mass is 32.2. The lowest BCUT2D eigenvalue weighted by Gasteiger charge is -2.34. The number of nitrogens with zero attached hydrogens (tertiary/aromatic N) is 2. The molecule has 36 heavy (non-hydrogen) atoms. The molecule has 1 aliphatic rings. The summed E-state index contributed by atoms with van der Waals surface area (Å²) in [5, 5.41) is 2.89. The summed E-state index contributed by atoms with van der Waals surface area (Å²) in [7, 11) is -3.45. The molecule has 0 atom stereocenters. The van der Waals surface area contributed by atoms with E-state index < -0.39 is 10.0 Å². The number of ether oxygens (including phenoxy) is 1. The number of benzene rings is 3. The summed E-state index contributed by atoms with van der Waals surface area (Å²) in [5.74, 6) is 0.676. The first-order valence-corrected chi connectivity index (χ1v) is 13.6. The SMILES string of the molecule is Cc1cc(C)cc(OCCNC(=O)c2ccc(CN3CCN(S(=O)(=O)c4ccccc4)CC3)cc2)c1. The Balaban J connectivity index is 1.21. The highest BCUT2D eigenvalue weighted by Gasteiger charge is 2.28. The van der Waals surface area contributed by atoms with Gasteiger partial charge in [-0.15, -0.1) is 0 Å². The summed E-state index contributed by atoms with van der Waals surface area (Å²) in [5.41, 5.74) is 3.98. The Labute approximate surface area is 213 Å². The molecule has 1 fully saturated rings. The van der Waals surface area contributed by atoms with Gasteiger partial charge in [0, 0.05) is 38.3 Å². The molecule has 4 rings (SSSR count). The largest absolute Gasteiger partial charge is 0.492 e. The number of rotatable bonds is 9. The van der Waals surface area contributed by atoms with Crippen molar-refractivity contribution in [3.05, 3.63) is 95.1 Å². The maximum atomic E-state index is 12.8. The topological polar surface area (TPSA) is 79.0 Å². The van der Waals surface area contributed by atoms with Gasteiger partial charge in [-0.2, -0.15) is 4.31 Å². The van der Waals surface area contributed by atoms with E-state index in [9.17, 15) is 13.2 Å². The van der Waals surface area contributed by atoms with E-state index in [1.807, 2.05) is 56.3 Å². The number of carbonyl (C=O) groups excluding carboxylic acids is 1. The van der Waals surface area contributed by atoms with Crippen LogP contribution < -0.4 is 10.1 Å². The lowest BCUT2D eigenvalue weighted by atomic mass is 10.1. The van der Waals surface area contributed by atoms with Gasteiger partial charge < -0.3 is 10.1 Å². The van der Waals surface area contributed by atoms with Gasteiger partial charge in [-0.25, -0.2) is 8.42 Å². The molecule has 0 saturated carbocycles. The standard InChI is InChI=1S/C28H33N3O4S/c1-22-18-23(2)20-26(19-22)35-17-12-29-28(32)25-10-8-24(9-11-25)21-30-13-15-31(16-14-30)36(33,34)27-6-4-3-5-7-27/h3-11,18-20H,12-17,21H2,1-2H3,(H,29,32). The van der Waals surface area contributed by atoms with Crippen molar-refractivity contribution < 1.29 is 17.9 Å². The Bertz CT molecular complexity index is 1250. The van der Waals surface area contributed by atoms with Gasteiger partial charge >= 0.3 is 0 Å². The Morgan fingerprint density at radius 1 is 0.889 bits per heavy atom. The van der Waals surface area contributed by atoms with Gasteiger partial charge in [0.2, 0.25) is 10.0 Å². The third kappa shape index (κ3) is 6.72. The Kier molecular flexibility index (Phi) is 8.40. The minimum Gasteiger partial charge on any atom is -0.492 e. The van der Waals surface area contributed by atoms with Crippen LogP contribution in [0.4, 0.5) is 0 Å². The third-order valence-electron chi connectivity index (χ3n) is 6.19. The molecule has 0 bridgehead atoms. The van der Waals surface area contributed by atoms with Crippen molar-refractivity contribution in [3.8, 4) is 5.75 Å². The molecule has 1 saturated heterocycles. The van der Waals surface area contributed by atoms with Crippen LogP contribution in [0.5, 0.6) is 5.75 Å². The molecule has 1 amide bonds. The highest BCUT2D eigenvalue weighted by Crippen LogP contribution is 2.19. The van der Waals surface area contributed by atoms with Crippen molar-refractivity contribution in [1.82, 2.24) is 14.5 Å². The first-order chi connectivity index (χ1) is 17.3. The minimum atomic E-state index is -3.45. The van der Waals surface area contributed by atoms with E-state index in [0.717, 1.165) is 22.4 Å². The molecule has 0 spiro atoms. The molecule has 1 heterocycles. The molecule has 3 aromatic rings. The predicted molar refractivity (Wildman–Crippen MR) is 141 cm³/mol.